The van der Waals surface area contributed by atoms with Gasteiger partial charge in [-0.25, -0.2) is 4.39 Å². The van der Waals surface area contributed by atoms with Crippen LogP contribution in [-0.2, 0) is 4.74 Å². The number of ether oxygens (including phenoxy) is 1. The predicted octanol–water partition coefficient (Wildman–Crippen LogP) is 2.31. The molecule has 0 bridgehead atoms. The quantitative estimate of drug-likeness (QED) is 0.787. The Bertz CT molecular complexity index is 436. The standard InChI is InChI=1S/C13H15FN2O/c1-16(12-4-6-17-7-5-12)13-3-2-11(14)8-10(13)9-15/h2-3,8,12H,4-7H2,1H3. The third kappa shape index (κ3) is 2.56. The minimum Gasteiger partial charge on any atom is -0.381 e. The highest BCUT2D eigenvalue weighted by Gasteiger charge is 2.20. The molecule has 2 rings (SSSR count). The van der Waals surface area contributed by atoms with Crippen LogP contribution in [0.1, 0.15) is 18.4 Å². The SMILES string of the molecule is CN(c1ccc(F)cc1C#N)C1CCOCC1. The number of rotatable bonds is 2. The van der Waals surface area contributed by atoms with Crippen molar-refractivity contribution in [2.75, 3.05) is 25.2 Å². The van der Waals surface area contributed by atoms with Crippen LogP contribution in [0.3, 0.4) is 0 Å². The van der Waals surface area contributed by atoms with Gasteiger partial charge in [0.1, 0.15) is 11.9 Å². The molecule has 0 N–H and O–H groups in total. The molecule has 0 amide bonds. The molecule has 0 atom stereocenters. The maximum absolute atomic E-state index is 13.1. The Morgan fingerprint density at radius 1 is 1.41 bits per heavy atom. The zero-order valence-electron chi connectivity index (χ0n) is 9.82. The molecule has 0 aromatic heterocycles. The summed E-state index contributed by atoms with van der Waals surface area (Å²) in [5, 5.41) is 9.02. The first kappa shape index (κ1) is 11.9. The molecule has 1 fully saturated rings. The smallest absolute Gasteiger partial charge is 0.124 e. The van der Waals surface area contributed by atoms with Gasteiger partial charge in [-0.05, 0) is 31.0 Å². The molecule has 1 aliphatic rings. The number of halogens is 1. The molecular weight excluding hydrogens is 219 g/mol. The number of hydrogen-bond donors (Lipinski definition) is 0. The van der Waals surface area contributed by atoms with Crippen LogP contribution in [0.5, 0.6) is 0 Å². The topological polar surface area (TPSA) is 36.3 Å². The molecule has 1 aliphatic heterocycles. The molecule has 0 spiro atoms. The van der Waals surface area contributed by atoms with Crippen LogP contribution in [0.4, 0.5) is 10.1 Å². The molecule has 1 aromatic rings. The summed E-state index contributed by atoms with van der Waals surface area (Å²) in [5.41, 5.74) is 1.18. The number of nitrogens with zero attached hydrogens (tertiary/aromatic N) is 2. The second kappa shape index (κ2) is 5.15. The Morgan fingerprint density at radius 3 is 2.76 bits per heavy atom. The molecule has 0 unspecified atom stereocenters. The van der Waals surface area contributed by atoms with E-state index < -0.39 is 0 Å². The highest BCUT2D eigenvalue weighted by Crippen LogP contribution is 2.25. The van der Waals surface area contributed by atoms with Crippen molar-refractivity contribution in [2.24, 2.45) is 0 Å². The lowest BCUT2D eigenvalue weighted by molar-refractivity contribution is 0.0855. The lowest BCUT2D eigenvalue weighted by atomic mass is 10.1. The largest absolute Gasteiger partial charge is 0.381 e. The maximum atomic E-state index is 13.1. The minimum atomic E-state index is -0.370. The van der Waals surface area contributed by atoms with E-state index >= 15 is 0 Å². The van der Waals surface area contributed by atoms with Gasteiger partial charge in [0.25, 0.3) is 0 Å². The molecule has 4 heteroatoms. The summed E-state index contributed by atoms with van der Waals surface area (Å²) >= 11 is 0. The van der Waals surface area contributed by atoms with Gasteiger partial charge >= 0.3 is 0 Å². The summed E-state index contributed by atoms with van der Waals surface area (Å²) in [7, 11) is 1.95. The summed E-state index contributed by atoms with van der Waals surface area (Å²) in [6.07, 6.45) is 1.89. The normalized spacial score (nSPS) is 16.5. The van der Waals surface area contributed by atoms with Crippen molar-refractivity contribution in [3.63, 3.8) is 0 Å². The van der Waals surface area contributed by atoms with Gasteiger partial charge < -0.3 is 9.64 Å². The minimum absolute atomic E-state index is 0.362. The Morgan fingerprint density at radius 2 is 2.12 bits per heavy atom. The van der Waals surface area contributed by atoms with E-state index in [0.29, 0.717) is 11.6 Å². The second-order valence-electron chi connectivity index (χ2n) is 4.23. The van der Waals surface area contributed by atoms with Crippen LogP contribution in [0.25, 0.3) is 0 Å². The van der Waals surface area contributed by atoms with Gasteiger partial charge in [0.15, 0.2) is 0 Å². The average Bonchev–Trinajstić information content (AvgIpc) is 2.39. The molecular formula is C13H15FN2O. The summed E-state index contributed by atoms with van der Waals surface area (Å²) in [6, 6.07) is 6.75. The third-order valence-corrected chi connectivity index (χ3v) is 3.20. The zero-order valence-corrected chi connectivity index (χ0v) is 9.82. The van der Waals surface area contributed by atoms with Crippen molar-refractivity contribution in [3.05, 3.63) is 29.6 Å². The molecule has 3 nitrogen and oxygen atoms in total. The van der Waals surface area contributed by atoms with Gasteiger partial charge in [-0.3, -0.25) is 0 Å². The van der Waals surface area contributed by atoms with Crippen molar-refractivity contribution in [1.82, 2.24) is 0 Å². The second-order valence-corrected chi connectivity index (χ2v) is 4.23. The molecule has 1 saturated heterocycles. The van der Waals surface area contributed by atoms with Crippen molar-refractivity contribution >= 4 is 5.69 Å². The summed E-state index contributed by atoms with van der Waals surface area (Å²) < 4.78 is 18.4. The van der Waals surface area contributed by atoms with Crippen LogP contribution in [0, 0.1) is 17.1 Å². The van der Waals surface area contributed by atoms with Crippen LogP contribution < -0.4 is 4.90 Å². The first-order valence-corrected chi connectivity index (χ1v) is 5.72. The predicted molar refractivity (Wildman–Crippen MR) is 63.4 cm³/mol. The van der Waals surface area contributed by atoms with E-state index in [1.807, 2.05) is 13.1 Å². The van der Waals surface area contributed by atoms with E-state index in [9.17, 15) is 4.39 Å². The molecule has 1 aromatic carbocycles. The average molecular weight is 234 g/mol. The van der Waals surface area contributed by atoms with E-state index in [1.54, 1.807) is 6.07 Å². The Labute approximate surface area is 100 Å². The number of anilines is 1. The van der Waals surface area contributed by atoms with Crippen molar-refractivity contribution in [3.8, 4) is 6.07 Å². The Kier molecular flexibility index (Phi) is 3.60. The lowest BCUT2D eigenvalue weighted by Crippen LogP contribution is -2.37. The van der Waals surface area contributed by atoms with Crippen molar-refractivity contribution in [1.29, 1.82) is 5.26 Å². The Hall–Kier alpha value is -1.60. The van der Waals surface area contributed by atoms with E-state index in [-0.39, 0.29) is 5.82 Å². The van der Waals surface area contributed by atoms with E-state index in [2.05, 4.69) is 4.90 Å². The molecule has 17 heavy (non-hydrogen) atoms. The van der Waals surface area contributed by atoms with E-state index in [4.69, 9.17) is 10.00 Å². The maximum Gasteiger partial charge on any atom is 0.124 e. The van der Waals surface area contributed by atoms with Crippen LogP contribution in [0.15, 0.2) is 18.2 Å². The highest BCUT2D eigenvalue weighted by atomic mass is 19.1. The van der Waals surface area contributed by atoms with Gasteiger partial charge in [-0.2, -0.15) is 5.26 Å². The molecule has 0 aliphatic carbocycles. The van der Waals surface area contributed by atoms with Gasteiger partial charge in [0.2, 0.25) is 0 Å². The lowest BCUT2D eigenvalue weighted by Gasteiger charge is -2.33. The van der Waals surface area contributed by atoms with Gasteiger partial charge in [-0.1, -0.05) is 0 Å². The van der Waals surface area contributed by atoms with E-state index in [0.717, 1.165) is 31.7 Å². The van der Waals surface area contributed by atoms with Crippen molar-refractivity contribution in [2.45, 2.75) is 18.9 Å². The third-order valence-electron chi connectivity index (χ3n) is 3.20. The van der Waals surface area contributed by atoms with Gasteiger partial charge in [0.05, 0.1) is 11.3 Å². The number of hydrogen-bond acceptors (Lipinski definition) is 3. The van der Waals surface area contributed by atoms with E-state index in [1.165, 1.54) is 12.1 Å². The van der Waals surface area contributed by atoms with Crippen LogP contribution in [0.2, 0.25) is 0 Å². The van der Waals surface area contributed by atoms with Crippen LogP contribution in [-0.4, -0.2) is 26.3 Å². The summed E-state index contributed by atoms with van der Waals surface area (Å²) in [5.74, 6) is -0.370. The molecule has 0 radical (unpaired) electrons. The monoisotopic (exact) mass is 234 g/mol. The van der Waals surface area contributed by atoms with Crippen LogP contribution >= 0.6 is 0 Å². The number of nitriles is 1. The Balaban J connectivity index is 2.23. The zero-order chi connectivity index (χ0) is 12.3. The summed E-state index contributed by atoms with van der Waals surface area (Å²) in [4.78, 5) is 2.06. The van der Waals surface area contributed by atoms with Gasteiger partial charge in [0, 0.05) is 26.3 Å². The molecule has 90 valence electrons. The number of benzene rings is 1. The summed E-state index contributed by atoms with van der Waals surface area (Å²) in [6.45, 7) is 1.50. The first-order chi connectivity index (χ1) is 8.22. The fourth-order valence-corrected chi connectivity index (χ4v) is 2.17. The fraction of sp³-hybridized carbons (Fsp3) is 0.462. The highest BCUT2D eigenvalue weighted by molar-refractivity contribution is 5.59. The first-order valence-electron chi connectivity index (χ1n) is 5.72. The molecule has 0 saturated carbocycles. The fourth-order valence-electron chi connectivity index (χ4n) is 2.17. The van der Waals surface area contributed by atoms with Crippen molar-refractivity contribution < 1.29 is 9.13 Å². The van der Waals surface area contributed by atoms with Gasteiger partial charge in [-0.15, -0.1) is 0 Å². The molecule has 1 heterocycles.